The molecule has 0 unspecified atom stereocenters. The van der Waals surface area contributed by atoms with E-state index < -0.39 is 5.41 Å². The Morgan fingerprint density at radius 1 is 1.29 bits per heavy atom. The number of thioether (sulfide) groups is 1. The fraction of sp³-hybridized carbons (Fsp3) is 0.727. The molecule has 3 heterocycles. The van der Waals surface area contributed by atoms with Gasteiger partial charge in [0.15, 0.2) is 0 Å². The van der Waals surface area contributed by atoms with Crippen LogP contribution in [0.15, 0.2) is 23.0 Å². The van der Waals surface area contributed by atoms with Gasteiger partial charge in [0.1, 0.15) is 0 Å². The lowest BCUT2D eigenvalue weighted by atomic mass is 9.78. The van der Waals surface area contributed by atoms with Crippen molar-refractivity contribution >= 4 is 17.7 Å². The normalized spacial score (nSPS) is 24.9. The summed E-state index contributed by atoms with van der Waals surface area (Å²) in [6.45, 7) is 13.9. The molecule has 1 N–H and O–H groups in total. The fourth-order valence-corrected chi connectivity index (χ4v) is 5.30. The van der Waals surface area contributed by atoms with Gasteiger partial charge in [0, 0.05) is 55.0 Å². The number of amides is 1. The third-order valence-corrected chi connectivity index (χ3v) is 6.97. The van der Waals surface area contributed by atoms with Crippen LogP contribution < -0.4 is 10.9 Å². The standard InChI is InChI=1S/C22H35N3O2S/c1-15(2)28-10-9-24-13-16-11-17(14-24)19(12-23-21(27)22(3,4)5)25-18(16)7-6-8-20(25)26/h6-8,15-17,19H,9-14H2,1-5H3,(H,23,27)/t16-,17+,19+/m1/s1. The fourth-order valence-electron chi connectivity index (χ4n) is 4.46. The molecule has 0 spiro atoms. The summed E-state index contributed by atoms with van der Waals surface area (Å²) in [7, 11) is 0. The molecule has 0 aliphatic carbocycles. The van der Waals surface area contributed by atoms with Crippen LogP contribution in [0.25, 0.3) is 0 Å². The Morgan fingerprint density at radius 3 is 2.71 bits per heavy atom. The van der Waals surface area contributed by atoms with E-state index in [0.717, 1.165) is 37.5 Å². The van der Waals surface area contributed by atoms with E-state index >= 15 is 0 Å². The molecule has 3 atom stereocenters. The predicted molar refractivity (Wildman–Crippen MR) is 117 cm³/mol. The van der Waals surface area contributed by atoms with Crippen molar-refractivity contribution in [2.24, 2.45) is 11.3 Å². The molecule has 0 radical (unpaired) electrons. The van der Waals surface area contributed by atoms with Crippen LogP contribution in [-0.2, 0) is 4.79 Å². The zero-order valence-corrected chi connectivity index (χ0v) is 18.7. The highest BCUT2D eigenvalue weighted by Crippen LogP contribution is 2.40. The van der Waals surface area contributed by atoms with E-state index in [1.807, 2.05) is 43.2 Å². The average Bonchev–Trinajstić information content (AvgIpc) is 2.60. The summed E-state index contributed by atoms with van der Waals surface area (Å²) in [5.74, 6) is 1.99. The number of fused-ring (bicyclic) bond motifs is 4. The molecule has 2 aliphatic heterocycles. The SMILES string of the molecule is CC(C)SCCN1C[C@H]2C[C@@H](C1)[C@H](CNC(=O)C(C)(C)C)n1c2cccc1=O. The molecule has 156 valence electrons. The maximum Gasteiger partial charge on any atom is 0.251 e. The first-order valence-electron chi connectivity index (χ1n) is 10.5. The number of carbonyl (C=O) groups excluding carboxylic acids is 1. The highest BCUT2D eigenvalue weighted by molar-refractivity contribution is 7.99. The number of aromatic nitrogens is 1. The summed E-state index contributed by atoms with van der Waals surface area (Å²) >= 11 is 2.00. The van der Waals surface area contributed by atoms with Crippen LogP contribution in [0.3, 0.4) is 0 Å². The van der Waals surface area contributed by atoms with Crippen molar-refractivity contribution in [1.29, 1.82) is 0 Å². The maximum atomic E-state index is 12.7. The largest absolute Gasteiger partial charge is 0.354 e. The zero-order chi connectivity index (χ0) is 20.5. The molecule has 1 aromatic rings. The highest BCUT2D eigenvalue weighted by atomic mass is 32.2. The summed E-state index contributed by atoms with van der Waals surface area (Å²) in [5.41, 5.74) is 0.778. The Kier molecular flexibility index (Phi) is 6.60. The molecular weight excluding hydrogens is 370 g/mol. The van der Waals surface area contributed by atoms with Gasteiger partial charge in [-0.1, -0.05) is 40.7 Å². The molecule has 0 aromatic carbocycles. The molecule has 1 saturated heterocycles. The Labute approximate surface area is 173 Å². The van der Waals surface area contributed by atoms with Gasteiger partial charge in [0.25, 0.3) is 5.56 Å². The Balaban J connectivity index is 1.80. The van der Waals surface area contributed by atoms with Crippen molar-refractivity contribution in [2.45, 2.75) is 58.2 Å². The Morgan fingerprint density at radius 2 is 2.04 bits per heavy atom. The van der Waals surface area contributed by atoms with E-state index in [4.69, 9.17) is 0 Å². The van der Waals surface area contributed by atoms with E-state index in [1.165, 1.54) is 0 Å². The van der Waals surface area contributed by atoms with Crippen molar-refractivity contribution in [3.8, 4) is 0 Å². The van der Waals surface area contributed by atoms with E-state index in [1.54, 1.807) is 6.07 Å². The van der Waals surface area contributed by atoms with Crippen LogP contribution in [0, 0.1) is 11.3 Å². The van der Waals surface area contributed by atoms with E-state index in [0.29, 0.717) is 23.6 Å². The minimum atomic E-state index is -0.422. The number of rotatable bonds is 6. The summed E-state index contributed by atoms with van der Waals surface area (Å²) in [6.07, 6.45) is 1.10. The third kappa shape index (κ3) is 4.82. The number of pyridine rings is 1. The van der Waals surface area contributed by atoms with Gasteiger partial charge < -0.3 is 14.8 Å². The second-order valence-electron chi connectivity index (χ2n) is 9.56. The number of nitrogens with zero attached hydrogens (tertiary/aromatic N) is 2. The number of piperidine rings is 1. The van der Waals surface area contributed by atoms with Gasteiger partial charge in [-0.25, -0.2) is 0 Å². The van der Waals surface area contributed by atoms with Crippen molar-refractivity contribution in [3.63, 3.8) is 0 Å². The van der Waals surface area contributed by atoms with Gasteiger partial charge in [-0.2, -0.15) is 11.8 Å². The first-order chi connectivity index (χ1) is 13.2. The minimum absolute atomic E-state index is 0.0341. The molecule has 1 amide bonds. The number of hydrogen-bond acceptors (Lipinski definition) is 4. The molecule has 6 heteroatoms. The van der Waals surface area contributed by atoms with Gasteiger partial charge in [-0.3, -0.25) is 9.59 Å². The van der Waals surface area contributed by atoms with Crippen LogP contribution in [0.1, 0.15) is 58.7 Å². The topological polar surface area (TPSA) is 54.3 Å². The van der Waals surface area contributed by atoms with Gasteiger partial charge in [0.2, 0.25) is 5.91 Å². The van der Waals surface area contributed by atoms with E-state index in [9.17, 15) is 9.59 Å². The predicted octanol–water partition coefficient (Wildman–Crippen LogP) is 3.11. The molecule has 28 heavy (non-hydrogen) atoms. The molecule has 1 aromatic heterocycles. The smallest absolute Gasteiger partial charge is 0.251 e. The maximum absolute atomic E-state index is 12.7. The molecule has 2 aliphatic rings. The lowest BCUT2D eigenvalue weighted by Gasteiger charge is -2.47. The van der Waals surface area contributed by atoms with Gasteiger partial charge in [-0.05, 0) is 23.7 Å². The number of nitrogens with one attached hydrogen (secondary N) is 1. The summed E-state index contributed by atoms with van der Waals surface area (Å²) < 4.78 is 1.97. The lowest BCUT2D eigenvalue weighted by Crippen LogP contribution is -2.52. The summed E-state index contributed by atoms with van der Waals surface area (Å²) in [4.78, 5) is 27.7. The number of likely N-dealkylation sites (tertiary alicyclic amines) is 1. The third-order valence-electron chi connectivity index (χ3n) is 5.89. The molecular formula is C22H35N3O2S. The highest BCUT2D eigenvalue weighted by Gasteiger charge is 2.40. The van der Waals surface area contributed by atoms with Crippen molar-refractivity contribution in [3.05, 3.63) is 34.2 Å². The molecule has 0 saturated carbocycles. The number of hydrogen-bond donors (Lipinski definition) is 1. The van der Waals surface area contributed by atoms with E-state index in [2.05, 4.69) is 30.1 Å². The van der Waals surface area contributed by atoms with Crippen molar-refractivity contribution < 1.29 is 4.79 Å². The minimum Gasteiger partial charge on any atom is -0.354 e. The van der Waals surface area contributed by atoms with Crippen LogP contribution in [0.5, 0.6) is 0 Å². The quantitative estimate of drug-likeness (QED) is 0.790. The molecule has 2 bridgehead atoms. The second kappa shape index (κ2) is 8.62. The number of carbonyl (C=O) groups is 1. The van der Waals surface area contributed by atoms with Gasteiger partial charge in [0.05, 0.1) is 6.04 Å². The zero-order valence-electron chi connectivity index (χ0n) is 17.9. The molecule has 1 fully saturated rings. The molecule has 5 nitrogen and oxygen atoms in total. The van der Waals surface area contributed by atoms with Crippen LogP contribution in [0.2, 0.25) is 0 Å². The van der Waals surface area contributed by atoms with Gasteiger partial charge in [-0.15, -0.1) is 0 Å². The average molecular weight is 406 g/mol. The van der Waals surface area contributed by atoms with Crippen molar-refractivity contribution in [1.82, 2.24) is 14.8 Å². The van der Waals surface area contributed by atoms with Gasteiger partial charge >= 0.3 is 0 Å². The second-order valence-corrected chi connectivity index (χ2v) is 11.2. The summed E-state index contributed by atoms with van der Waals surface area (Å²) in [6, 6.07) is 5.67. The van der Waals surface area contributed by atoms with Crippen LogP contribution in [0.4, 0.5) is 0 Å². The summed E-state index contributed by atoms with van der Waals surface area (Å²) in [5, 5.41) is 3.77. The van der Waals surface area contributed by atoms with Crippen molar-refractivity contribution in [2.75, 3.05) is 31.9 Å². The monoisotopic (exact) mass is 405 g/mol. The lowest BCUT2D eigenvalue weighted by molar-refractivity contribution is -0.128. The molecule has 3 rings (SSSR count). The Hall–Kier alpha value is -1.27. The van der Waals surface area contributed by atoms with Crippen LogP contribution >= 0.6 is 11.8 Å². The first kappa shape index (κ1) is 21.4. The van der Waals surface area contributed by atoms with E-state index in [-0.39, 0.29) is 17.5 Å². The first-order valence-corrected chi connectivity index (χ1v) is 11.6. The van der Waals surface area contributed by atoms with Crippen LogP contribution in [-0.4, -0.2) is 52.6 Å². The Bertz CT molecular complexity index is 753.